The van der Waals surface area contributed by atoms with E-state index in [0.717, 1.165) is 0 Å². The Morgan fingerprint density at radius 2 is 1.58 bits per heavy atom. The first-order valence-corrected chi connectivity index (χ1v) is 12.4. The van der Waals surface area contributed by atoms with Gasteiger partial charge in [0.25, 0.3) is 11.8 Å². The Morgan fingerprint density at radius 3 is 2.25 bits per heavy atom. The van der Waals surface area contributed by atoms with Crippen molar-refractivity contribution in [1.29, 1.82) is 0 Å². The van der Waals surface area contributed by atoms with Crippen LogP contribution in [0.1, 0.15) is 33.6 Å². The Kier molecular flexibility index (Phi) is 6.96. The number of ether oxygens (including phenoxy) is 2. The minimum absolute atomic E-state index is 0.0609. The maximum atomic E-state index is 13.7. The van der Waals surface area contributed by atoms with Gasteiger partial charge in [-0.3, -0.25) is 19.3 Å². The summed E-state index contributed by atoms with van der Waals surface area (Å²) in [6.45, 7) is 2.53. The summed E-state index contributed by atoms with van der Waals surface area (Å²) in [7, 11) is 0. The summed E-state index contributed by atoms with van der Waals surface area (Å²) in [6.07, 6.45) is 0.693. The Bertz CT molecular complexity index is 1150. The van der Waals surface area contributed by atoms with Gasteiger partial charge in [-0.2, -0.15) is 0 Å². The van der Waals surface area contributed by atoms with Gasteiger partial charge in [0.1, 0.15) is 17.6 Å². The van der Waals surface area contributed by atoms with E-state index in [1.165, 1.54) is 29.2 Å². The molecule has 10 heteroatoms. The van der Waals surface area contributed by atoms with Crippen LogP contribution in [0.5, 0.6) is 0 Å². The van der Waals surface area contributed by atoms with Crippen LogP contribution in [0.4, 0.5) is 4.39 Å². The van der Waals surface area contributed by atoms with Crippen molar-refractivity contribution in [1.82, 2.24) is 14.7 Å². The maximum Gasteiger partial charge on any atom is 0.256 e. The molecule has 3 aliphatic rings. The van der Waals surface area contributed by atoms with Crippen LogP contribution in [-0.4, -0.2) is 90.2 Å². The molecule has 3 aliphatic heterocycles. The number of carbonyl (C=O) groups is 3. The maximum absolute atomic E-state index is 13.7. The van der Waals surface area contributed by atoms with Crippen molar-refractivity contribution in [2.24, 2.45) is 0 Å². The van der Waals surface area contributed by atoms with Crippen LogP contribution < -0.4 is 0 Å². The molecule has 3 heterocycles. The van der Waals surface area contributed by atoms with E-state index in [0.29, 0.717) is 62.8 Å². The zero-order valence-electron chi connectivity index (χ0n) is 19.7. The van der Waals surface area contributed by atoms with E-state index >= 15 is 0 Å². The Balaban J connectivity index is 1.39. The lowest BCUT2D eigenvalue weighted by Gasteiger charge is -2.45. The second-order valence-corrected chi connectivity index (χ2v) is 9.63. The Hall–Kier alpha value is -3.01. The van der Waals surface area contributed by atoms with Crippen LogP contribution in [0.2, 0.25) is 5.02 Å². The van der Waals surface area contributed by atoms with E-state index < -0.39 is 23.5 Å². The number of hydrogen-bond donors (Lipinski definition) is 0. The number of hydrogen-bond acceptors (Lipinski definition) is 5. The number of rotatable bonds is 3. The molecule has 0 radical (unpaired) electrons. The second-order valence-electron chi connectivity index (χ2n) is 9.20. The molecule has 2 aromatic carbocycles. The average molecular weight is 516 g/mol. The first kappa shape index (κ1) is 24.7. The number of halogens is 2. The third kappa shape index (κ3) is 4.70. The lowest BCUT2D eigenvalue weighted by molar-refractivity contribution is -0.141. The predicted molar refractivity (Wildman–Crippen MR) is 129 cm³/mol. The van der Waals surface area contributed by atoms with Gasteiger partial charge in [-0.05, 0) is 42.5 Å². The lowest BCUT2D eigenvalue weighted by Crippen LogP contribution is -2.60. The molecular formula is C26H27ClFN3O5. The smallest absolute Gasteiger partial charge is 0.256 e. The molecule has 0 unspecified atom stereocenters. The summed E-state index contributed by atoms with van der Waals surface area (Å²) in [5, 5.41) is 0.481. The van der Waals surface area contributed by atoms with Crippen LogP contribution in [0.25, 0.3) is 0 Å². The van der Waals surface area contributed by atoms with Crippen molar-refractivity contribution < 1.29 is 28.2 Å². The molecule has 0 bridgehead atoms. The monoisotopic (exact) mass is 515 g/mol. The van der Waals surface area contributed by atoms with Gasteiger partial charge in [0, 0.05) is 55.2 Å². The number of morpholine rings is 1. The molecular weight excluding hydrogens is 489 g/mol. The molecule has 5 rings (SSSR count). The highest BCUT2D eigenvalue weighted by atomic mass is 35.5. The van der Waals surface area contributed by atoms with E-state index in [-0.39, 0.29) is 24.0 Å². The SMILES string of the molecule is O=C(c1cccc(Cl)c1)N1CCC2(CC1)OC[C@@H](C(=O)N1CCOCC1)N2C(=O)c1ccc(F)cc1. The van der Waals surface area contributed by atoms with Crippen LogP contribution in [0.3, 0.4) is 0 Å². The van der Waals surface area contributed by atoms with Crippen LogP contribution in [-0.2, 0) is 14.3 Å². The summed E-state index contributed by atoms with van der Waals surface area (Å²) in [5.41, 5.74) is -0.271. The predicted octanol–water partition coefficient (Wildman–Crippen LogP) is 2.81. The van der Waals surface area contributed by atoms with Gasteiger partial charge in [0.15, 0.2) is 0 Å². The average Bonchev–Trinajstić information content (AvgIpc) is 3.27. The molecule has 1 atom stereocenters. The van der Waals surface area contributed by atoms with E-state index in [2.05, 4.69) is 0 Å². The van der Waals surface area contributed by atoms with Gasteiger partial charge in [0.2, 0.25) is 5.91 Å². The normalized spacial score (nSPS) is 21.6. The van der Waals surface area contributed by atoms with Crippen molar-refractivity contribution >= 4 is 29.3 Å². The van der Waals surface area contributed by atoms with E-state index in [9.17, 15) is 18.8 Å². The minimum Gasteiger partial charge on any atom is -0.378 e. The fraction of sp³-hybridized carbons (Fsp3) is 0.423. The van der Waals surface area contributed by atoms with Crippen LogP contribution >= 0.6 is 11.6 Å². The second kappa shape index (κ2) is 10.2. The number of likely N-dealkylation sites (tertiary alicyclic amines) is 1. The van der Waals surface area contributed by atoms with Gasteiger partial charge in [-0.15, -0.1) is 0 Å². The van der Waals surface area contributed by atoms with E-state index in [1.807, 2.05) is 0 Å². The molecule has 0 aromatic heterocycles. The first-order chi connectivity index (χ1) is 17.4. The summed E-state index contributed by atoms with van der Waals surface area (Å²) >= 11 is 6.06. The molecule has 2 aromatic rings. The van der Waals surface area contributed by atoms with E-state index in [1.54, 1.807) is 34.1 Å². The van der Waals surface area contributed by atoms with Gasteiger partial charge in [0.05, 0.1) is 19.8 Å². The first-order valence-electron chi connectivity index (χ1n) is 12.0. The molecule has 0 saturated carbocycles. The Labute approximate surface area is 213 Å². The summed E-state index contributed by atoms with van der Waals surface area (Å²) in [5.74, 6) is -1.19. The molecule has 0 N–H and O–H groups in total. The van der Waals surface area contributed by atoms with Gasteiger partial charge in [-0.1, -0.05) is 17.7 Å². The molecule has 3 saturated heterocycles. The summed E-state index contributed by atoms with van der Waals surface area (Å²) in [4.78, 5) is 45.2. The standard InChI is InChI=1S/C26H27ClFN3O5/c27-20-3-1-2-19(16-20)23(32)29-10-8-26(9-11-29)31(24(33)18-4-6-21(28)7-5-18)22(17-36-26)25(34)30-12-14-35-15-13-30/h1-7,16,22H,8-15,17H2/t22-/m0/s1. The number of amides is 3. The van der Waals surface area contributed by atoms with Gasteiger partial charge < -0.3 is 19.3 Å². The van der Waals surface area contributed by atoms with Crippen molar-refractivity contribution in [2.45, 2.75) is 24.6 Å². The topological polar surface area (TPSA) is 79.4 Å². The van der Waals surface area contributed by atoms with Crippen LogP contribution in [0, 0.1) is 5.82 Å². The lowest BCUT2D eigenvalue weighted by atomic mass is 9.96. The fourth-order valence-corrected chi connectivity index (χ4v) is 5.34. The molecule has 3 amide bonds. The fourth-order valence-electron chi connectivity index (χ4n) is 5.15. The summed E-state index contributed by atoms with van der Waals surface area (Å²) < 4.78 is 25.1. The Morgan fingerprint density at radius 1 is 0.889 bits per heavy atom. The third-order valence-electron chi connectivity index (χ3n) is 7.08. The number of piperidine rings is 1. The van der Waals surface area contributed by atoms with Crippen molar-refractivity contribution in [3.05, 3.63) is 70.5 Å². The molecule has 190 valence electrons. The highest BCUT2D eigenvalue weighted by molar-refractivity contribution is 6.30. The number of carbonyl (C=O) groups excluding carboxylic acids is 3. The largest absolute Gasteiger partial charge is 0.378 e. The summed E-state index contributed by atoms with van der Waals surface area (Å²) in [6, 6.07) is 11.2. The van der Waals surface area contributed by atoms with Crippen molar-refractivity contribution in [3.8, 4) is 0 Å². The molecule has 1 spiro atoms. The number of benzene rings is 2. The molecule has 8 nitrogen and oxygen atoms in total. The zero-order valence-corrected chi connectivity index (χ0v) is 20.5. The highest BCUT2D eigenvalue weighted by Crippen LogP contribution is 2.39. The number of nitrogens with zero attached hydrogens (tertiary/aromatic N) is 3. The zero-order chi connectivity index (χ0) is 25.3. The molecule has 3 fully saturated rings. The quantitative estimate of drug-likeness (QED) is 0.628. The van der Waals surface area contributed by atoms with E-state index in [4.69, 9.17) is 21.1 Å². The highest BCUT2D eigenvalue weighted by Gasteiger charge is 2.55. The molecule has 36 heavy (non-hydrogen) atoms. The third-order valence-corrected chi connectivity index (χ3v) is 7.32. The van der Waals surface area contributed by atoms with Crippen LogP contribution in [0.15, 0.2) is 48.5 Å². The van der Waals surface area contributed by atoms with Gasteiger partial charge >= 0.3 is 0 Å². The van der Waals surface area contributed by atoms with Crippen molar-refractivity contribution in [3.63, 3.8) is 0 Å². The van der Waals surface area contributed by atoms with Crippen molar-refractivity contribution in [2.75, 3.05) is 46.0 Å². The minimum atomic E-state index is -1.04. The van der Waals surface area contributed by atoms with Gasteiger partial charge in [-0.25, -0.2) is 4.39 Å². The molecule has 0 aliphatic carbocycles.